The van der Waals surface area contributed by atoms with Crippen molar-refractivity contribution in [3.8, 4) is 0 Å². The van der Waals surface area contributed by atoms with E-state index >= 15 is 0 Å². The molecular formula is C96H160NO8P. The Labute approximate surface area is 653 Å². The SMILES string of the molecule is CC/C=C\C/C=C\C/C=C\C/C=C\C/C=C\C/C=C\C/C=C\C/C=C\C/C=C\C/C=C\C/C=C\C/C=C\CCCCCCC(=O)OC(COC(=O)CCCCCCCCCCCCCCCCCCCCCCCCCCCCCC/C=C\C/C=C\C/C=C\C/C=C\CC)COP(=O)([O-])OCC[N+](C)(C)C. The number of phosphoric ester groups is 1. The lowest BCUT2D eigenvalue weighted by atomic mass is 10.0. The smallest absolute Gasteiger partial charge is 0.306 e. The van der Waals surface area contributed by atoms with Crippen LogP contribution >= 0.6 is 7.82 Å². The maximum Gasteiger partial charge on any atom is 0.306 e. The molecular weight excluding hydrogens is 1330 g/mol. The molecule has 106 heavy (non-hydrogen) atoms. The average molecular weight is 1490 g/mol. The highest BCUT2D eigenvalue weighted by Crippen LogP contribution is 2.38. The number of quaternary nitrogens is 1. The Morgan fingerprint density at radius 2 is 0.509 bits per heavy atom. The van der Waals surface area contributed by atoms with Crippen molar-refractivity contribution in [1.29, 1.82) is 0 Å². The number of hydrogen-bond acceptors (Lipinski definition) is 8. The second-order valence-electron chi connectivity index (χ2n) is 29.4. The second kappa shape index (κ2) is 83.9. The number of unbranched alkanes of at least 4 members (excludes halogenated alkanes) is 32. The second-order valence-corrected chi connectivity index (χ2v) is 30.8. The zero-order valence-corrected chi connectivity index (χ0v) is 69.7. The van der Waals surface area contributed by atoms with E-state index < -0.39 is 26.5 Å². The first kappa shape index (κ1) is 101. The standard InChI is InChI=1S/C96H160NO8P/c1-6-8-10-12-14-16-18-20-22-24-26-28-30-32-34-36-38-40-42-44-46-48-50-52-54-56-58-60-62-64-66-68-70-72-74-76-78-80-82-84-86-88-95(98)102-92-94(93-104-106(100,101)103-91-90-97(3,4)5)105-96(99)89-87-85-83-81-79-77-75-73-71-69-67-65-63-61-59-57-55-53-51-49-47-45-43-41-39-37-35-33-31-29-27-25-23-21-19-17-15-13-11-9-7-2/h8-11,14-17,20-23,26-29,33,35,39,41,45,47,51,53,57,59,63,65,69,71,75,77,94H,6-7,12-13,18-19,24-25,30-32,34,36-38,40,42-44,46,48-50,52,54-56,58,60-62,64,66-68,70,72-74,76,78-93H2,1-5H3/b10-8-,11-9-,16-14-,17-15-,22-20-,23-21-,28-26-,29-27-,35-33-,41-39-,47-45-,53-51-,59-57-,65-63-,71-69-,77-75-. The van der Waals surface area contributed by atoms with Crippen LogP contribution in [-0.2, 0) is 32.7 Å². The van der Waals surface area contributed by atoms with E-state index in [4.69, 9.17) is 18.5 Å². The molecule has 0 aliphatic rings. The number of ether oxygens (including phenoxy) is 2. The van der Waals surface area contributed by atoms with Gasteiger partial charge in [0.05, 0.1) is 27.7 Å². The highest BCUT2D eigenvalue weighted by atomic mass is 31.2. The van der Waals surface area contributed by atoms with Crippen LogP contribution in [0.15, 0.2) is 194 Å². The van der Waals surface area contributed by atoms with E-state index in [0.717, 1.165) is 148 Å². The summed E-state index contributed by atoms with van der Waals surface area (Å²) in [5.74, 6) is -0.862. The third kappa shape index (κ3) is 87.8. The molecule has 0 fully saturated rings. The Morgan fingerprint density at radius 1 is 0.292 bits per heavy atom. The molecule has 10 heteroatoms. The van der Waals surface area contributed by atoms with Crippen LogP contribution in [0, 0.1) is 0 Å². The van der Waals surface area contributed by atoms with Crippen molar-refractivity contribution in [2.75, 3.05) is 47.5 Å². The van der Waals surface area contributed by atoms with Crippen LogP contribution in [0.4, 0.5) is 0 Å². The van der Waals surface area contributed by atoms with Gasteiger partial charge in [-0.05, 0) is 141 Å². The number of rotatable bonds is 78. The van der Waals surface area contributed by atoms with Gasteiger partial charge in [0.15, 0.2) is 6.10 Å². The summed E-state index contributed by atoms with van der Waals surface area (Å²) < 4.78 is 34.4. The molecule has 0 amide bonds. The van der Waals surface area contributed by atoms with Crippen LogP contribution in [0.2, 0.25) is 0 Å². The number of phosphoric acid groups is 1. The maximum absolute atomic E-state index is 12.9. The molecule has 0 aliphatic heterocycles. The average Bonchev–Trinajstić information content (AvgIpc) is 0.908. The van der Waals surface area contributed by atoms with Crippen LogP contribution in [0.25, 0.3) is 0 Å². The number of likely N-dealkylation sites (N-methyl/N-ethyl adjacent to an activating group) is 1. The predicted molar refractivity (Wildman–Crippen MR) is 461 cm³/mol. The number of hydrogen-bond donors (Lipinski definition) is 0. The maximum atomic E-state index is 12.9. The number of nitrogens with zero attached hydrogens (tertiary/aromatic N) is 1. The summed E-state index contributed by atoms with van der Waals surface area (Å²) in [5.41, 5.74) is 0. The fraction of sp³-hybridized carbons (Fsp3) is 0.646. The number of carbonyl (C=O) groups excluding carboxylic acids is 2. The molecule has 0 aromatic heterocycles. The van der Waals surface area contributed by atoms with Crippen LogP contribution in [-0.4, -0.2) is 70.0 Å². The van der Waals surface area contributed by atoms with Gasteiger partial charge in [0.25, 0.3) is 7.82 Å². The van der Waals surface area contributed by atoms with Gasteiger partial charge in [-0.3, -0.25) is 14.2 Å². The van der Waals surface area contributed by atoms with Gasteiger partial charge in [-0.15, -0.1) is 0 Å². The molecule has 602 valence electrons. The molecule has 2 unspecified atom stereocenters. The van der Waals surface area contributed by atoms with Crippen molar-refractivity contribution in [2.24, 2.45) is 0 Å². The first-order valence-corrected chi connectivity index (χ1v) is 44.6. The quantitative estimate of drug-likeness (QED) is 0.0195. The molecule has 9 nitrogen and oxygen atoms in total. The molecule has 0 spiro atoms. The molecule has 0 radical (unpaired) electrons. The van der Waals surface area contributed by atoms with Gasteiger partial charge in [0.2, 0.25) is 0 Å². The molecule has 0 rings (SSSR count). The number of carbonyl (C=O) groups is 2. The minimum absolute atomic E-state index is 0.0436. The zero-order chi connectivity index (χ0) is 76.8. The van der Waals surface area contributed by atoms with Crippen LogP contribution in [0.5, 0.6) is 0 Å². The number of esters is 2. The minimum atomic E-state index is -4.67. The van der Waals surface area contributed by atoms with Gasteiger partial charge in [-0.25, -0.2) is 0 Å². The molecule has 0 saturated carbocycles. The van der Waals surface area contributed by atoms with Crippen molar-refractivity contribution >= 4 is 19.8 Å². The topological polar surface area (TPSA) is 111 Å². The third-order valence-electron chi connectivity index (χ3n) is 18.1. The van der Waals surface area contributed by atoms with Crippen molar-refractivity contribution < 1.29 is 42.1 Å². The molecule has 0 aliphatic carbocycles. The van der Waals surface area contributed by atoms with Gasteiger partial charge in [0.1, 0.15) is 19.8 Å². The highest BCUT2D eigenvalue weighted by Gasteiger charge is 2.22. The monoisotopic (exact) mass is 1490 g/mol. The largest absolute Gasteiger partial charge is 0.756 e. The molecule has 0 saturated heterocycles. The number of allylic oxidation sites excluding steroid dienone is 32. The van der Waals surface area contributed by atoms with Gasteiger partial charge >= 0.3 is 11.9 Å². The van der Waals surface area contributed by atoms with Gasteiger partial charge in [-0.2, -0.15) is 0 Å². The van der Waals surface area contributed by atoms with Crippen LogP contribution in [0.1, 0.15) is 348 Å². The summed E-state index contributed by atoms with van der Waals surface area (Å²) in [6.07, 6.45) is 130. The van der Waals surface area contributed by atoms with Gasteiger partial charge in [-0.1, -0.05) is 388 Å². The first-order chi connectivity index (χ1) is 52.0. The Morgan fingerprint density at radius 3 is 0.755 bits per heavy atom. The minimum Gasteiger partial charge on any atom is -0.756 e. The third-order valence-corrected chi connectivity index (χ3v) is 19.1. The lowest BCUT2D eigenvalue weighted by Gasteiger charge is -2.28. The first-order valence-electron chi connectivity index (χ1n) is 43.1. The van der Waals surface area contributed by atoms with Crippen LogP contribution in [0.3, 0.4) is 0 Å². The molecule has 0 N–H and O–H groups in total. The Hall–Kier alpha value is -5.15. The van der Waals surface area contributed by atoms with Crippen molar-refractivity contribution in [1.82, 2.24) is 0 Å². The van der Waals surface area contributed by atoms with Crippen molar-refractivity contribution in [2.45, 2.75) is 354 Å². The van der Waals surface area contributed by atoms with E-state index in [1.807, 2.05) is 21.1 Å². The Kier molecular flexibility index (Phi) is 79.8. The predicted octanol–water partition coefficient (Wildman–Crippen LogP) is 28.9. The summed E-state index contributed by atoms with van der Waals surface area (Å²) in [4.78, 5) is 38.2. The molecule has 0 heterocycles. The van der Waals surface area contributed by atoms with E-state index in [1.165, 1.54) is 167 Å². The Balaban J connectivity index is 4.02. The van der Waals surface area contributed by atoms with E-state index in [9.17, 15) is 19.0 Å². The summed E-state index contributed by atoms with van der Waals surface area (Å²) in [7, 11) is 1.14. The highest BCUT2D eigenvalue weighted by molar-refractivity contribution is 7.45. The van der Waals surface area contributed by atoms with E-state index in [1.54, 1.807) is 0 Å². The molecule has 2 atom stereocenters. The van der Waals surface area contributed by atoms with E-state index in [-0.39, 0.29) is 32.0 Å². The Bertz CT molecular complexity index is 2510. The lowest BCUT2D eigenvalue weighted by molar-refractivity contribution is -0.870. The summed E-state index contributed by atoms with van der Waals surface area (Å²) in [6, 6.07) is 0. The fourth-order valence-corrected chi connectivity index (χ4v) is 12.4. The fourth-order valence-electron chi connectivity index (χ4n) is 11.6. The van der Waals surface area contributed by atoms with Crippen molar-refractivity contribution in [3.05, 3.63) is 194 Å². The lowest BCUT2D eigenvalue weighted by Crippen LogP contribution is -2.37. The van der Waals surface area contributed by atoms with Gasteiger partial charge < -0.3 is 27.9 Å². The van der Waals surface area contributed by atoms with Crippen LogP contribution < -0.4 is 4.89 Å². The van der Waals surface area contributed by atoms with Crippen molar-refractivity contribution in [3.63, 3.8) is 0 Å². The van der Waals surface area contributed by atoms with Gasteiger partial charge in [0, 0.05) is 12.8 Å². The summed E-state index contributed by atoms with van der Waals surface area (Å²) in [6.45, 7) is 4.00. The van der Waals surface area contributed by atoms with E-state index in [0.29, 0.717) is 17.4 Å². The zero-order valence-electron chi connectivity index (χ0n) is 68.8. The molecule has 0 bridgehead atoms. The molecule has 0 aromatic rings. The summed E-state index contributed by atoms with van der Waals surface area (Å²) in [5, 5.41) is 0. The normalized spacial score (nSPS) is 14.0. The summed E-state index contributed by atoms with van der Waals surface area (Å²) >= 11 is 0. The molecule has 0 aromatic carbocycles. The van der Waals surface area contributed by atoms with E-state index in [2.05, 4.69) is 208 Å².